The molecule has 0 aliphatic heterocycles. The molecule has 3 rings (SSSR count). The molecule has 0 radical (unpaired) electrons. The van der Waals surface area contributed by atoms with Gasteiger partial charge in [-0.1, -0.05) is 30.3 Å². The van der Waals surface area contributed by atoms with E-state index in [-0.39, 0.29) is 5.82 Å². The summed E-state index contributed by atoms with van der Waals surface area (Å²) in [5.74, 6) is -0.273. The molecule has 0 bridgehead atoms. The van der Waals surface area contributed by atoms with Gasteiger partial charge >= 0.3 is 0 Å². The van der Waals surface area contributed by atoms with Crippen LogP contribution in [0, 0.1) is 5.82 Å². The fourth-order valence-electron chi connectivity index (χ4n) is 2.83. The highest BCUT2D eigenvalue weighted by Crippen LogP contribution is 2.33. The van der Waals surface area contributed by atoms with E-state index < -0.39 is 5.60 Å². The first-order valence-corrected chi connectivity index (χ1v) is 7.08. The molecule has 1 aliphatic rings. The quantitative estimate of drug-likeness (QED) is 0.895. The van der Waals surface area contributed by atoms with Gasteiger partial charge in [0.05, 0.1) is 10.1 Å². The molecule has 3 heteroatoms. The van der Waals surface area contributed by atoms with Crippen LogP contribution in [0.3, 0.4) is 0 Å². The van der Waals surface area contributed by atoms with E-state index >= 15 is 0 Å². The Kier molecular flexibility index (Phi) is 3.19. The largest absolute Gasteiger partial charge is 0.389 e. The van der Waals surface area contributed by atoms with E-state index in [2.05, 4.69) is 28.1 Å². The molecular formula is C16H14BrFO. The third kappa shape index (κ3) is 2.58. The zero-order chi connectivity index (χ0) is 13.5. The maximum absolute atomic E-state index is 13.2. The predicted octanol–water partition coefficient (Wildman–Crippen LogP) is 3.66. The van der Waals surface area contributed by atoms with E-state index in [4.69, 9.17) is 0 Å². The van der Waals surface area contributed by atoms with Crippen LogP contribution in [-0.4, -0.2) is 10.7 Å². The number of rotatable bonds is 2. The van der Waals surface area contributed by atoms with Gasteiger partial charge in [-0.15, -0.1) is 0 Å². The van der Waals surface area contributed by atoms with E-state index in [1.54, 1.807) is 12.1 Å². The molecular weight excluding hydrogens is 307 g/mol. The minimum absolute atomic E-state index is 0.273. The van der Waals surface area contributed by atoms with Gasteiger partial charge in [-0.25, -0.2) is 4.39 Å². The molecule has 2 aromatic carbocycles. The van der Waals surface area contributed by atoms with Crippen LogP contribution in [0.4, 0.5) is 4.39 Å². The van der Waals surface area contributed by atoms with Gasteiger partial charge in [-0.2, -0.15) is 0 Å². The van der Waals surface area contributed by atoms with Crippen molar-refractivity contribution < 1.29 is 9.50 Å². The average Bonchev–Trinajstić information content (AvgIpc) is 2.69. The molecule has 0 fully saturated rings. The lowest BCUT2D eigenvalue weighted by molar-refractivity contribution is 0.0518. The number of hydrogen-bond donors (Lipinski definition) is 1. The Morgan fingerprint density at radius 3 is 2.32 bits per heavy atom. The Balaban J connectivity index is 1.83. The number of benzene rings is 2. The van der Waals surface area contributed by atoms with Crippen molar-refractivity contribution in [1.29, 1.82) is 0 Å². The minimum Gasteiger partial charge on any atom is -0.389 e. The molecule has 0 amide bonds. The molecule has 0 atom stereocenters. The highest BCUT2D eigenvalue weighted by Gasteiger charge is 2.34. The SMILES string of the molecule is OC1(Cc2ccc(F)c(Br)c2)Cc2ccccc2C1. The second-order valence-electron chi connectivity index (χ2n) is 5.27. The van der Waals surface area contributed by atoms with Gasteiger partial charge in [0.15, 0.2) is 0 Å². The van der Waals surface area contributed by atoms with Gasteiger partial charge in [0.1, 0.15) is 5.82 Å². The van der Waals surface area contributed by atoms with Gasteiger partial charge in [-0.3, -0.25) is 0 Å². The fourth-order valence-corrected chi connectivity index (χ4v) is 3.25. The monoisotopic (exact) mass is 320 g/mol. The summed E-state index contributed by atoms with van der Waals surface area (Å²) in [5.41, 5.74) is 2.63. The van der Waals surface area contributed by atoms with E-state index in [1.807, 2.05) is 12.1 Å². The summed E-state index contributed by atoms with van der Waals surface area (Å²) in [4.78, 5) is 0. The highest BCUT2D eigenvalue weighted by atomic mass is 79.9. The maximum atomic E-state index is 13.2. The van der Waals surface area contributed by atoms with Crippen molar-refractivity contribution in [2.24, 2.45) is 0 Å². The van der Waals surface area contributed by atoms with Crippen LogP contribution in [0.2, 0.25) is 0 Å². The van der Waals surface area contributed by atoms with Crippen molar-refractivity contribution in [2.75, 3.05) is 0 Å². The second-order valence-corrected chi connectivity index (χ2v) is 6.13. The third-order valence-electron chi connectivity index (χ3n) is 3.67. The fraction of sp³-hybridized carbons (Fsp3) is 0.250. The zero-order valence-electron chi connectivity index (χ0n) is 10.4. The Morgan fingerprint density at radius 1 is 1.11 bits per heavy atom. The van der Waals surface area contributed by atoms with Gasteiger partial charge < -0.3 is 5.11 Å². The van der Waals surface area contributed by atoms with Gasteiger partial charge in [0.25, 0.3) is 0 Å². The normalized spacial score (nSPS) is 16.4. The Labute approximate surface area is 120 Å². The number of aliphatic hydroxyl groups is 1. The second kappa shape index (κ2) is 4.73. The van der Waals surface area contributed by atoms with Crippen molar-refractivity contribution in [3.63, 3.8) is 0 Å². The Morgan fingerprint density at radius 2 is 1.74 bits per heavy atom. The molecule has 0 saturated carbocycles. The van der Waals surface area contributed by atoms with Crippen LogP contribution < -0.4 is 0 Å². The number of halogens is 2. The van der Waals surface area contributed by atoms with Crippen molar-refractivity contribution in [3.05, 3.63) is 69.4 Å². The average molecular weight is 321 g/mol. The Hall–Kier alpha value is -1.19. The van der Waals surface area contributed by atoms with Crippen LogP contribution in [0.15, 0.2) is 46.9 Å². The Bertz CT molecular complexity index is 599. The molecule has 1 N–H and O–H groups in total. The third-order valence-corrected chi connectivity index (χ3v) is 4.28. The van der Waals surface area contributed by atoms with Crippen LogP contribution >= 0.6 is 15.9 Å². The van der Waals surface area contributed by atoms with E-state index in [9.17, 15) is 9.50 Å². The lowest BCUT2D eigenvalue weighted by Crippen LogP contribution is -2.32. The summed E-state index contributed by atoms with van der Waals surface area (Å²) in [7, 11) is 0. The lowest BCUT2D eigenvalue weighted by Gasteiger charge is -2.22. The summed E-state index contributed by atoms with van der Waals surface area (Å²) in [6.45, 7) is 0. The van der Waals surface area contributed by atoms with Crippen LogP contribution in [0.1, 0.15) is 16.7 Å². The molecule has 0 saturated heterocycles. The first kappa shape index (κ1) is 12.8. The summed E-state index contributed by atoms with van der Waals surface area (Å²) >= 11 is 3.18. The first-order chi connectivity index (χ1) is 9.06. The van der Waals surface area contributed by atoms with E-state index in [1.165, 1.54) is 17.2 Å². The standard InChI is InChI=1S/C16H14BrFO/c17-14-7-11(5-6-15(14)18)8-16(19)9-12-3-1-2-4-13(12)10-16/h1-7,19H,8-10H2. The summed E-state index contributed by atoms with van der Waals surface area (Å²) in [6, 6.07) is 13.0. The molecule has 0 spiro atoms. The van der Waals surface area contributed by atoms with E-state index in [0.29, 0.717) is 23.7 Å². The van der Waals surface area contributed by atoms with Gasteiger partial charge in [0.2, 0.25) is 0 Å². The summed E-state index contributed by atoms with van der Waals surface area (Å²) in [5, 5.41) is 10.7. The highest BCUT2D eigenvalue weighted by molar-refractivity contribution is 9.10. The van der Waals surface area contributed by atoms with Crippen LogP contribution in [0.5, 0.6) is 0 Å². The zero-order valence-corrected chi connectivity index (χ0v) is 12.0. The lowest BCUT2D eigenvalue weighted by atomic mass is 9.92. The first-order valence-electron chi connectivity index (χ1n) is 6.29. The molecule has 0 heterocycles. The van der Waals surface area contributed by atoms with Crippen molar-refractivity contribution in [1.82, 2.24) is 0 Å². The van der Waals surface area contributed by atoms with E-state index in [0.717, 1.165) is 5.56 Å². The van der Waals surface area contributed by atoms with Gasteiger partial charge in [0, 0.05) is 19.3 Å². The topological polar surface area (TPSA) is 20.2 Å². The van der Waals surface area contributed by atoms with Crippen molar-refractivity contribution in [2.45, 2.75) is 24.9 Å². The summed E-state index contributed by atoms with van der Waals surface area (Å²) in [6.07, 6.45) is 1.87. The molecule has 2 aromatic rings. The van der Waals surface area contributed by atoms with Crippen molar-refractivity contribution in [3.8, 4) is 0 Å². The maximum Gasteiger partial charge on any atom is 0.137 e. The molecule has 0 unspecified atom stereocenters. The molecule has 19 heavy (non-hydrogen) atoms. The summed E-state index contributed by atoms with van der Waals surface area (Å²) < 4.78 is 13.7. The molecule has 0 aromatic heterocycles. The molecule has 98 valence electrons. The van der Waals surface area contributed by atoms with Crippen LogP contribution in [0.25, 0.3) is 0 Å². The number of fused-ring (bicyclic) bond motifs is 1. The predicted molar refractivity (Wildman–Crippen MR) is 76.6 cm³/mol. The molecule has 1 nitrogen and oxygen atoms in total. The van der Waals surface area contributed by atoms with Crippen molar-refractivity contribution >= 4 is 15.9 Å². The minimum atomic E-state index is -0.749. The number of hydrogen-bond acceptors (Lipinski definition) is 1. The van der Waals surface area contributed by atoms with Gasteiger partial charge in [-0.05, 0) is 44.8 Å². The van der Waals surface area contributed by atoms with Crippen LogP contribution in [-0.2, 0) is 19.3 Å². The smallest absolute Gasteiger partial charge is 0.137 e. The molecule has 1 aliphatic carbocycles.